The second-order valence-electron chi connectivity index (χ2n) is 5.45. The van der Waals surface area contributed by atoms with Crippen molar-refractivity contribution in [3.8, 4) is 6.07 Å². The number of fused-ring (bicyclic) bond motifs is 1. The standard InChI is InChI=1S/C18H16N6/c1-24(2)18-22-16(21-17(20)23-18)14(11-19)10-13-8-5-7-12-6-3-4-9-15(12)13/h3-10H,1-2H3,(H2,20,21,22,23). The summed E-state index contributed by atoms with van der Waals surface area (Å²) in [6.07, 6.45) is 1.77. The number of aromatic nitrogens is 3. The van der Waals surface area contributed by atoms with Crippen molar-refractivity contribution in [1.82, 2.24) is 15.0 Å². The molecule has 0 radical (unpaired) electrons. The lowest BCUT2D eigenvalue weighted by Gasteiger charge is -2.11. The van der Waals surface area contributed by atoms with E-state index in [0.29, 0.717) is 11.5 Å². The minimum atomic E-state index is 0.0859. The summed E-state index contributed by atoms with van der Waals surface area (Å²) in [7, 11) is 3.61. The molecule has 0 spiro atoms. The fourth-order valence-corrected chi connectivity index (χ4v) is 2.38. The monoisotopic (exact) mass is 316 g/mol. The lowest BCUT2D eigenvalue weighted by molar-refractivity contribution is 0.952. The van der Waals surface area contributed by atoms with E-state index in [1.807, 2.05) is 42.5 Å². The van der Waals surface area contributed by atoms with Crippen molar-refractivity contribution < 1.29 is 0 Å². The maximum Gasteiger partial charge on any atom is 0.230 e. The highest BCUT2D eigenvalue weighted by Gasteiger charge is 2.11. The van der Waals surface area contributed by atoms with Gasteiger partial charge in [-0.3, -0.25) is 0 Å². The van der Waals surface area contributed by atoms with Crippen molar-refractivity contribution in [1.29, 1.82) is 5.26 Å². The summed E-state index contributed by atoms with van der Waals surface area (Å²) in [6, 6.07) is 16.1. The molecule has 3 rings (SSSR count). The topological polar surface area (TPSA) is 91.7 Å². The first-order valence-electron chi connectivity index (χ1n) is 7.37. The minimum absolute atomic E-state index is 0.0859. The van der Waals surface area contributed by atoms with Gasteiger partial charge in [-0.15, -0.1) is 0 Å². The number of hydrogen-bond donors (Lipinski definition) is 1. The van der Waals surface area contributed by atoms with E-state index in [0.717, 1.165) is 16.3 Å². The summed E-state index contributed by atoms with van der Waals surface area (Å²) < 4.78 is 0. The molecule has 0 amide bonds. The fourth-order valence-electron chi connectivity index (χ4n) is 2.38. The van der Waals surface area contributed by atoms with Gasteiger partial charge in [0.05, 0.1) is 5.57 Å². The molecule has 2 N–H and O–H groups in total. The zero-order valence-electron chi connectivity index (χ0n) is 13.4. The largest absolute Gasteiger partial charge is 0.368 e. The van der Waals surface area contributed by atoms with E-state index in [1.54, 1.807) is 25.1 Å². The van der Waals surface area contributed by atoms with Crippen LogP contribution in [0.2, 0.25) is 0 Å². The van der Waals surface area contributed by atoms with E-state index < -0.39 is 0 Å². The quantitative estimate of drug-likeness (QED) is 0.747. The van der Waals surface area contributed by atoms with E-state index in [-0.39, 0.29) is 11.8 Å². The van der Waals surface area contributed by atoms with Crippen LogP contribution in [0, 0.1) is 11.3 Å². The Morgan fingerprint density at radius 2 is 1.83 bits per heavy atom. The minimum Gasteiger partial charge on any atom is -0.368 e. The molecule has 0 atom stereocenters. The highest BCUT2D eigenvalue weighted by Crippen LogP contribution is 2.23. The predicted molar refractivity (Wildman–Crippen MR) is 96.0 cm³/mol. The Morgan fingerprint density at radius 1 is 1.08 bits per heavy atom. The third-order valence-electron chi connectivity index (χ3n) is 3.53. The average molecular weight is 316 g/mol. The zero-order valence-corrected chi connectivity index (χ0v) is 13.4. The second-order valence-corrected chi connectivity index (χ2v) is 5.45. The highest BCUT2D eigenvalue weighted by molar-refractivity contribution is 5.97. The second kappa shape index (κ2) is 6.34. The van der Waals surface area contributed by atoms with Crippen LogP contribution in [0.3, 0.4) is 0 Å². The molecular formula is C18H16N6. The number of nitrogens with zero attached hydrogens (tertiary/aromatic N) is 5. The molecular weight excluding hydrogens is 300 g/mol. The number of rotatable bonds is 3. The summed E-state index contributed by atoms with van der Waals surface area (Å²) in [6.45, 7) is 0. The molecule has 0 bridgehead atoms. The van der Waals surface area contributed by atoms with Gasteiger partial charge in [0.25, 0.3) is 0 Å². The number of anilines is 2. The van der Waals surface area contributed by atoms with Crippen molar-refractivity contribution >= 4 is 34.3 Å². The molecule has 1 heterocycles. The first kappa shape index (κ1) is 15.4. The third-order valence-corrected chi connectivity index (χ3v) is 3.53. The Hall–Kier alpha value is -3.46. The normalized spacial score (nSPS) is 11.3. The van der Waals surface area contributed by atoms with Crippen molar-refractivity contribution in [2.24, 2.45) is 0 Å². The van der Waals surface area contributed by atoms with Gasteiger partial charge in [-0.1, -0.05) is 42.5 Å². The van der Waals surface area contributed by atoms with Crippen LogP contribution in [0.15, 0.2) is 42.5 Å². The van der Waals surface area contributed by atoms with Gasteiger partial charge in [-0.2, -0.15) is 20.2 Å². The molecule has 3 aromatic rings. The van der Waals surface area contributed by atoms with E-state index >= 15 is 0 Å². The summed E-state index contributed by atoms with van der Waals surface area (Å²) in [5, 5.41) is 11.7. The summed E-state index contributed by atoms with van der Waals surface area (Å²) in [5.74, 6) is 0.765. The van der Waals surface area contributed by atoms with Gasteiger partial charge in [0, 0.05) is 14.1 Å². The number of benzene rings is 2. The smallest absolute Gasteiger partial charge is 0.230 e. The van der Waals surface area contributed by atoms with Crippen LogP contribution in [0.5, 0.6) is 0 Å². The third kappa shape index (κ3) is 3.01. The lowest BCUT2D eigenvalue weighted by atomic mass is 10.0. The highest BCUT2D eigenvalue weighted by atomic mass is 15.3. The Bertz CT molecular complexity index is 963. The van der Waals surface area contributed by atoms with Crippen molar-refractivity contribution in [3.63, 3.8) is 0 Å². The Morgan fingerprint density at radius 3 is 2.58 bits per heavy atom. The van der Waals surface area contributed by atoms with Crippen molar-refractivity contribution in [2.75, 3.05) is 24.7 Å². The van der Waals surface area contributed by atoms with Gasteiger partial charge in [0.1, 0.15) is 6.07 Å². The number of nitrogen functional groups attached to an aromatic ring is 1. The molecule has 24 heavy (non-hydrogen) atoms. The van der Waals surface area contributed by atoms with Crippen molar-refractivity contribution in [3.05, 3.63) is 53.9 Å². The van der Waals surface area contributed by atoms with E-state index in [2.05, 4.69) is 21.0 Å². The average Bonchev–Trinajstić information content (AvgIpc) is 2.59. The molecule has 1 aromatic heterocycles. The number of nitrogens with two attached hydrogens (primary N) is 1. The van der Waals surface area contributed by atoms with Crippen LogP contribution >= 0.6 is 0 Å². The molecule has 2 aromatic carbocycles. The van der Waals surface area contributed by atoms with Crippen LogP contribution in [0.25, 0.3) is 22.4 Å². The van der Waals surface area contributed by atoms with E-state index in [4.69, 9.17) is 5.73 Å². The van der Waals surface area contributed by atoms with Gasteiger partial charge in [-0.05, 0) is 22.4 Å². The van der Waals surface area contributed by atoms with Crippen LogP contribution in [0.1, 0.15) is 11.4 Å². The molecule has 0 saturated carbocycles. The predicted octanol–water partition coefficient (Wildman–Crippen LogP) is 2.74. The Kier molecular flexibility index (Phi) is 4.08. The lowest BCUT2D eigenvalue weighted by Crippen LogP contribution is -2.15. The number of allylic oxidation sites excluding steroid dienone is 1. The number of nitriles is 1. The van der Waals surface area contributed by atoms with Crippen LogP contribution in [0.4, 0.5) is 11.9 Å². The van der Waals surface area contributed by atoms with Crippen molar-refractivity contribution in [2.45, 2.75) is 0 Å². The van der Waals surface area contributed by atoms with E-state index in [1.165, 1.54) is 0 Å². The summed E-state index contributed by atoms with van der Waals surface area (Å²) in [5.41, 5.74) is 7.01. The van der Waals surface area contributed by atoms with E-state index in [9.17, 15) is 5.26 Å². The molecule has 118 valence electrons. The summed E-state index contributed by atoms with van der Waals surface area (Å²) >= 11 is 0. The van der Waals surface area contributed by atoms with Crippen LogP contribution in [-0.2, 0) is 0 Å². The molecule has 6 heteroatoms. The molecule has 0 aliphatic heterocycles. The molecule has 6 nitrogen and oxygen atoms in total. The van der Waals surface area contributed by atoms with Gasteiger partial charge in [-0.25, -0.2) is 0 Å². The zero-order chi connectivity index (χ0) is 17.1. The first-order chi connectivity index (χ1) is 11.6. The van der Waals surface area contributed by atoms with Gasteiger partial charge >= 0.3 is 0 Å². The maximum absolute atomic E-state index is 9.56. The first-order valence-corrected chi connectivity index (χ1v) is 7.37. The molecule has 0 saturated heterocycles. The molecule has 0 aliphatic carbocycles. The maximum atomic E-state index is 9.56. The Balaban J connectivity index is 2.15. The molecule has 0 fully saturated rings. The fraction of sp³-hybridized carbons (Fsp3) is 0.111. The number of hydrogen-bond acceptors (Lipinski definition) is 6. The van der Waals surface area contributed by atoms with Gasteiger partial charge in [0.15, 0.2) is 5.82 Å². The van der Waals surface area contributed by atoms with Crippen LogP contribution < -0.4 is 10.6 Å². The van der Waals surface area contributed by atoms with Crippen LogP contribution in [-0.4, -0.2) is 29.0 Å². The van der Waals surface area contributed by atoms with Gasteiger partial charge < -0.3 is 10.6 Å². The van der Waals surface area contributed by atoms with Gasteiger partial charge in [0.2, 0.25) is 11.9 Å². The summed E-state index contributed by atoms with van der Waals surface area (Å²) in [4.78, 5) is 14.2. The molecule has 0 unspecified atom stereocenters. The molecule has 0 aliphatic rings. The Labute approximate surface area is 139 Å². The SMILES string of the molecule is CN(C)c1nc(N)nc(C(C#N)=Cc2cccc3ccccc23)n1.